The molecule has 2 heterocycles. The third-order valence-corrected chi connectivity index (χ3v) is 3.37. The number of hydrogen-bond donors (Lipinski definition) is 1. The van der Waals surface area contributed by atoms with Crippen molar-refractivity contribution in [3.63, 3.8) is 0 Å². The van der Waals surface area contributed by atoms with E-state index in [2.05, 4.69) is 15.2 Å². The van der Waals surface area contributed by atoms with Gasteiger partial charge in [-0.05, 0) is 7.05 Å². The van der Waals surface area contributed by atoms with E-state index in [1.165, 1.54) is 0 Å². The Bertz CT molecular complexity index is 492. The molecule has 0 amide bonds. The molecule has 0 bridgehead atoms. The van der Waals surface area contributed by atoms with Crippen molar-refractivity contribution in [3.05, 3.63) is 11.4 Å². The van der Waals surface area contributed by atoms with Crippen LogP contribution >= 0.6 is 0 Å². The summed E-state index contributed by atoms with van der Waals surface area (Å²) in [4.78, 5) is 13.5. The molecule has 1 fully saturated rings. The van der Waals surface area contributed by atoms with Crippen LogP contribution in [-0.2, 0) is 16.7 Å². The fourth-order valence-electron chi connectivity index (χ4n) is 2.50. The van der Waals surface area contributed by atoms with Crippen LogP contribution in [0.4, 0.5) is 0 Å². The molecule has 1 aliphatic rings. The Labute approximate surface area is 118 Å². The largest absolute Gasteiger partial charge is 0.476 e. The molecule has 2 rings (SSSR count). The van der Waals surface area contributed by atoms with E-state index >= 15 is 0 Å². The minimum atomic E-state index is -1.04. The standard InChI is InChI=1S/C13H22N4O3/c1-13(2,3)11-10(12(18)19)14-15-17(11)8-9-7-16(4)5-6-20-9/h9H,5-8H2,1-4H3,(H,18,19). The van der Waals surface area contributed by atoms with Crippen LogP contribution in [0.15, 0.2) is 0 Å². The summed E-state index contributed by atoms with van der Waals surface area (Å²) in [6.07, 6.45) is 0.0122. The molecule has 1 N–H and O–H groups in total. The van der Waals surface area contributed by atoms with Crippen molar-refractivity contribution in [2.45, 2.75) is 38.8 Å². The highest BCUT2D eigenvalue weighted by molar-refractivity contribution is 5.86. The summed E-state index contributed by atoms with van der Waals surface area (Å²) in [6, 6.07) is 0. The molecule has 1 aromatic rings. The van der Waals surface area contributed by atoms with E-state index in [1.807, 2.05) is 27.8 Å². The zero-order valence-electron chi connectivity index (χ0n) is 12.5. The monoisotopic (exact) mass is 282 g/mol. The van der Waals surface area contributed by atoms with E-state index in [0.29, 0.717) is 18.8 Å². The fourth-order valence-corrected chi connectivity index (χ4v) is 2.50. The van der Waals surface area contributed by atoms with Crippen LogP contribution in [0.1, 0.15) is 37.0 Å². The van der Waals surface area contributed by atoms with Crippen LogP contribution in [0.25, 0.3) is 0 Å². The molecular weight excluding hydrogens is 260 g/mol. The summed E-state index contributed by atoms with van der Waals surface area (Å²) in [5, 5.41) is 17.1. The maximum atomic E-state index is 11.3. The predicted octanol–water partition coefficient (Wildman–Crippen LogP) is 0.604. The lowest BCUT2D eigenvalue weighted by Crippen LogP contribution is -2.42. The number of hydrogen-bond acceptors (Lipinski definition) is 5. The summed E-state index contributed by atoms with van der Waals surface area (Å²) in [6.45, 7) is 8.82. The second-order valence-electron chi connectivity index (χ2n) is 6.28. The van der Waals surface area contributed by atoms with E-state index in [9.17, 15) is 9.90 Å². The number of morpholine rings is 1. The third-order valence-electron chi connectivity index (χ3n) is 3.37. The summed E-state index contributed by atoms with van der Waals surface area (Å²) in [7, 11) is 2.05. The van der Waals surface area contributed by atoms with Gasteiger partial charge in [-0.1, -0.05) is 26.0 Å². The van der Waals surface area contributed by atoms with E-state index in [0.717, 1.165) is 13.1 Å². The van der Waals surface area contributed by atoms with Gasteiger partial charge in [0.2, 0.25) is 0 Å². The zero-order valence-corrected chi connectivity index (χ0v) is 12.5. The molecular formula is C13H22N4O3. The SMILES string of the molecule is CN1CCOC(Cn2nnc(C(=O)O)c2C(C)(C)C)C1. The van der Waals surface area contributed by atoms with E-state index in [1.54, 1.807) is 4.68 Å². The van der Waals surface area contributed by atoms with Crippen LogP contribution < -0.4 is 0 Å². The van der Waals surface area contributed by atoms with Crippen LogP contribution in [0, 0.1) is 0 Å². The molecule has 1 atom stereocenters. The molecule has 0 radical (unpaired) electrons. The van der Waals surface area contributed by atoms with E-state index < -0.39 is 5.97 Å². The van der Waals surface area contributed by atoms with Crippen molar-refractivity contribution in [3.8, 4) is 0 Å². The Hall–Kier alpha value is -1.47. The lowest BCUT2D eigenvalue weighted by atomic mass is 9.90. The van der Waals surface area contributed by atoms with Crippen LogP contribution in [0.5, 0.6) is 0 Å². The summed E-state index contributed by atoms with van der Waals surface area (Å²) >= 11 is 0. The minimum absolute atomic E-state index is 0.0122. The first-order valence-electron chi connectivity index (χ1n) is 6.76. The van der Waals surface area contributed by atoms with Gasteiger partial charge in [-0.3, -0.25) is 0 Å². The average Bonchev–Trinajstić information content (AvgIpc) is 2.72. The van der Waals surface area contributed by atoms with Crippen molar-refractivity contribution in [2.75, 3.05) is 26.7 Å². The molecule has 0 saturated carbocycles. The van der Waals surface area contributed by atoms with Crippen molar-refractivity contribution in [2.24, 2.45) is 0 Å². The molecule has 0 aliphatic carbocycles. The van der Waals surface area contributed by atoms with Gasteiger partial charge in [-0.25, -0.2) is 9.48 Å². The predicted molar refractivity (Wildman–Crippen MR) is 72.9 cm³/mol. The van der Waals surface area contributed by atoms with Gasteiger partial charge in [0.05, 0.1) is 24.9 Å². The first-order chi connectivity index (χ1) is 9.29. The van der Waals surface area contributed by atoms with Gasteiger partial charge in [0.15, 0.2) is 5.69 Å². The maximum Gasteiger partial charge on any atom is 0.358 e. The Morgan fingerprint density at radius 3 is 2.75 bits per heavy atom. The van der Waals surface area contributed by atoms with Crippen LogP contribution in [0.3, 0.4) is 0 Å². The van der Waals surface area contributed by atoms with Gasteiger partial charge in [-0.15, -0.1) is 5.10 Å². The van der Waals surface area contributed by atoms with Crippen molar-refractivity contribution < 1.29 is 14.6 Å². The highest BCUT2D eigenvalue weighted by atomic mass is 16.5. The first-order valence-corrected chi connectivity index (χ1v) is 6.76. The van der Waals surface area contributed by atoms with Crippen LogP contribution in [-0.4, -0.2) is 63.8 Å². The molecule has 1 aliphatic heterocycles. The highest BCUT2D eigenvalue weighted by Crippen LogP contribution is 2.25. The number of carboxylic acids is 1. The number of aromatic carboxylic acids is 1. The zero-order chi connectivity index (χ0) is 14.9. The molecule has 20 heavy (non-hydrogen) atoms. The first kappa shape index (κ1) is 14.9. The van der Waals surface area contributed by atoms with Crippen molar-refractivity contribution in [1.29, 1.82) is 0 Å². The van der Waals surface area contributed by atoms with Gasteiger partial charge in [-0.2, -0.15) is 0 Å². The number of ether oxygens (including phenoxy) is 1. The lowest BCUT2D eigenvalue weighted by Gasteiger charge is -2.31. The topological polar surface area (TPSA) is 80.5 Å². The molecule has 112 valence electrons. The van der Waals surface area contributed by atoms with Gasteiger partial charge in [0, 0.05) is 18.5 Å². The second kappa shape index (κ2) is 5.49. The number of aromatic nitrogens is 3. The van der Waals surface area contributed by atoms with Gasteiger partial charge in [0.25, 0.3) is 0 Å². The molecule has 0 spiro atoms. The van der Waals surface area contributed by atoms with Crippen molar-refractivity contribution in [1.82, 2.24) is 19.9 Å². The second-order valence-corrected chi connectivity index (χ2v) is 6.28. The van der Waals surface area contributed by atoms with Crippen molar-refractivity contribution >= 4 is 5.97 Å². The van der Waals surface area contributed by atoms with Gasteiger partial charge in [0.1, 0.15) is 0 Å². The molecule has 7 nitrogen and oxygen atoms in total. The molecule has 7 heteroatoms. The Morgan fingerprint density at radius 2 is 2.20 bits per heavy atom. The summed E-state index contributed by atoms with van der Waals surface area (Å²) in [5.74, 6) is -1.04. The van der Waals surface area contributed by atoms with Gasteiger partial charge >= 0.3 is 5.97 Å². The minimum Gasteiger partial charge on any atom is -0.476 e. The number of rotatable bonds is 3. The molecule has 1 saturated heterocycles. The molecule has 1 unspecified atom stereocenters. The maximum absolute atomic E-state index is 11.3. The number of likely N-dealkylation sites (N-methyl/N-ethyl adjacent to an activating group) is 1. The van der Waals surface area contributed by atoms with E-state index in [4.69, 9.17) is 4.74 Å². The van der Waals surface area contributed by atoms with Crippen LogP contribution in [0.2, 0.25) is 0 Å². The smallest absolute Gasteiger partial charge is 0.358 e. The number of carboxylic acid groups (broad SMARTS) is 1. The third kappa shape index (κ3) is 3.16. The average molecular weight is 282 g/mol. The highest BCUT2D eigenvalue weighted by Gasteiger charge is 2.30. The number of nitrogens with zero attached hydrogens (tertiary/aromatic N) is 4. The quantitative estimate of drug-likeness (QED) is 0.874. The lowest BCUT2D eigenvalue weighted by molar-refractivity contribution is -0.0299. The summed E-state index contributed by atoms with van der Waals surface area (Å²) in [5.41, 5.74) is 0.334. The summed E-state index contributed by atoms with van der Waals surface area (Å²) < 4.78 is 7.39. The normalized spacial score (nSPS) is 21.1. The Morgan fingerprint density at radius 1 is 1.50 bits per heavy atom. The Balaban J connectivity index is 2.25. The fraction of sp³-hybridized carbons (Fsp3) is 0.769. The number of carbonyl (C=O) groups is 1. The van der Waals surface area contributed by atoms with E-state index in [-0.39, 0.29) is 17.2 Å². The Kier molecular flexibility index (Phi) is 4.10. The molecule has 0 aromatic carbocycles. The molecule has 1 aromatic heterocycles. The van der Waals surface area contributed by atoms with Gasteiger partial charge < -0.3 is 14.7 Å².